The van der Waals surface area contributed by atoms with Crippen molar-refractivity contribution < 1.29 is 15.0 Å². The molecule has 0 saturated carbocycles. The van der Waals surface area contributed by atoms with Crippen molar-refractivity contribution in [2.45, 2.75) is 13.3 Å². The molecule has 3 N–H and O–H groups in total. The molecular formula is C6H15NO3. The summed E-state index contributed by atoms with van der Waals surface area (Å²) in [7, 11) is 1.80. The van der Waals surface area contributed by atoms with Crippen molar-refractivity contribution in [3.05, 3.63) is 0 Å². The van der Waals surface area contributed by atoms with Crippen LogP contribution in [0.3, 0.4) is 0 Å². The fourth-order valence-corrected chi connectivity index (χ4v) is 0.112. The van der Waals surface area contributed by atoms with Gasteiger partial charge in [-0.25, -0.2) is 0 Å². The van der Waals surface area contributed by atoms with Gasteiger partial charge >= 0.3 is 5.97 Å². The molecule has 0 aliphatic heterocycles. The Morgan fingerprint density at radius 3 is 2.00 bits per heavy atom. The van der Waals surface area contributed by atoms with Gasteiger partial charge in [-0.15, -0.1) is 0 Å². The molecule has 0 aromatic heterocycles. The van der Waals surface area contributed by atoms with Crippen LogP contribution in [0.5, 0.6) is 0 Å². The van der Waals surface area contributed by atoms with Crippen molar-refractivity contribution in [1.29, 1.82) is 0 Å². The van der Waals surface area contributed by atoms with E-state index in [0.29, 0.717) is 6.54 Å². The first-order valence-corrected chi connectivity index (χ1v) is 3.16. The van der Waals surface area contributed by atoms with E-state index in [-0.39, 0.29) is 13.0 Å². The summed E-state index contributed by atoms with van der Waals surface area (Å²) in [6.07, 6.45) is 0.222. The Morgan fingerprint density at radius 1 is 1.60 bits per heavy atom. The van der Waals surface area contributed by atoms with E-state index in [1.54, 1.807) is 14.0 Å². The first-order chi connectivity index (χ1) is 4.68. The molecule has 0 rings (SSSR count). The van der Waals surface area contributed by atoms with Crippen LogP contribution in [0, 0.1) is 0 Å². The minimum Gasteiger partial charge on any atom is -0.481 e. The number of aliphatic hydroxyl groups excluding tert-OH is 1. The number of rotatable bonds is 3. The zero-order chi connectivity index (χ0) is 8.41. The molecule has 0 atom stereocenters. The predicted octanol–water partition coefficient (Wildman–Crippen LogP) is -0.321. The lowest BCUT2D eigenvalue weighted by Crippen LogP contribution is -2.10. The zero-order valence-electron chi connectivity index (χ0n) is 6.42. The molecule has 0 saturated heterocycles. The number of carboxylic acids is 1. The van der Waals surface area contributed by atoms with Gasteiger partial charge in [0.25, 0.3) is 0 Å². The summed E-state index contributed by atoms with van der Waals surface area (Å²) in [5, 5.41) is 18.5. The smallest absolute Gasteiger partial charge is 0.303 e. The second-order valence-corrected chi connectivity index (χ2v) is 1.57. The molecule has 0 amide bonds. The molecule has 4 nitrogen and oxygen atoms in total. The normalized spacial score (nSPS) is 7.90. The minimum atomic E-state index is -0.745. The number of nitrogens with one attached hydrogen (secondary N) is 1. The van der Waals surface area contributed by atoms with Crippen molar-refractivity contribution in [3.8, 4) is 0 Å². The van der Waals surface area contributed by atoms with E-state index in [1.165, 1.54) is 0 Å². The van der Waals surface area contributed by atoms with E-state index in [2.05, 4.69) is 5.32 Å². The monoisotopic (exact) mass is 149 g/mol. The lowest BCUT2D eigenvalue weighted by Gasteiger charge is -1.84. The Labute approximate surface area is 60.9 Å². The average molecular weight is 149 g/mol. The molecule has 0 bridgehead atoms. The highest BCUT2D eigenvalue weighted by Gasteiger charge is 1.80. The Bertz CT molecular complexity index is 73.4. The van der Waals surface area contributed by atoms with Gasteiger partial charge in [0.05, 0.1) is 6.61 Å². The molecule has 62 valence electrons. The molecule has 4 heteroatoms. The van der Waals surface area contributed by atoms with Crippen molar-refractivity contribution in [2.75, 3.05) is 20.2 Å². The van der Waals surface area contributed by atoms with Crippen LogP contribution in [0.2, 0.25) is 0 Å². The van der Waals surface area contributed by atoms with E-state index >= 15 is 0 Å². The molecule has 10 heavy (non-hydrogen) atoms. The van der Waals surface area contributed by atoms with Gasteiger partial charge in [-0.05, 0) is 7.05 Å². The maximum Gasteiger partial charge on any atom is 0.303 e. The van der Waals surface area contributed by atoms with Gasteiger partial charge in [0.1, 0.15) is 0 Å². The molecule has 0 aliphatic carbocycles. The van der Waals surface area contributed by atoms with Crippen molar-refractivity contribution in [1.82, 2.24) is 5.32 Å². The molecule has 0 unspecified atom stereocenters. The number of carboxylic acid groups (broad SMARTS) is 1. The summed E-state index contributed by atoms with van der Waals surface area (Å²) in [6, 6.07) is 0. The highest BCUT2D eigenvalue weighted by Crippen LogP contribution is 1.67. The Kier molecular flexibility index (Phi) is 13.6. The van der Waals surface area contributed by atoms with E-state index in [0.717, 1.165) is 0 Å². The van der Waals surface area contributed by atoms with Crippen LogP contribution in [0.1, 0.15) is 13.3 Å². The van der Waals surface area contributed by atoms with Crippen LogP contribution in [0.15, 0.2) is 0 Å². The van der Waals surface area contributed by atoms with Crippen LogP contribution in [0.25, 0.3) is 0 Å². The van der Waals surface area contributed by atoms with Gasteiger partial charge in [-0.1, -0.05) is 6.92 Å². The fourth-order valence-electron chi connectivity index (χ4n) is 0.112. The van der Waals surface area contributed by atoms with Gasteiger partial charge in [0, 0.05) is 13.0 Å². The minimum absolute atomic E-state index is 0.222. The van der Waals surface area contributed by atoms with Gasteiger partial charge in [0.2, 0.25) is 0 Å². The summed E-state index contributed by atoms with van der Waals surface area (Å²) in [6.45, 7) is 2.53. The van der Waals surface area contributed by atoms with E-state index in [1.807, 2.05) is 0 Å². The Hall–Kier alpha value is -0.610. The van der Waals surface area contributed by atoms with Crippen LogP contribution < -0.4 is 5.32 Å². The molecule has 0 radical (unpaired) electrons. The number of likely N-dealkylation sites (N-methyl/N-ethyl adjacent to an activating group) is 1. The number of hydrogen-bond donors (Lipinski definition) is 3. The molecule has 0 aliphatic rings. The van der Waals surface area contributed by atoms with Crippen molar-refractivity contribution in [3.63, 3.8) is 0 Å². The number of aliphatic carboxylic acids is 1. The van der Waals surface area contributed by atoms with Gasteiger partial charge in [-0.2, -0.15) is 0 Å². The molecular weight excluding hydrogens is 134 g/mol. The summed E-state index contributed by atoms with van der Waals surface area (Å²) in [5.41, 5.74) is 0. The lowest BCUT2D eigenvalue weighted by atomic mass is 10.5. The first-order valence-electron chi connectivity index (χ1n) is 3.16. The summed E-state index contributed by atoms with van der Waals surface area (Å²) >= 11 is 0. The Morgan fingerprint density at radius 2 is 2.00 bits per heavy atom. The SMILES string of the molecule is CCC(=O)O.CNCCO. The first kappa shape index (κ1) is 12.1. The van der Waals surface area contributed by atoms with Gasteiger partial charge in [-0.3, -0.25) is 4.79 Å². The number of aliphatic hydroxyl groups is 1. The van der Waals surface area contributed by atoms with E-state index in [9.17, 15) is 4.79 Å². The molecule has 0 heterocycles. The van der Waals surface area contributed by atoms with Crippen LogP contribution in [-0.2, 0) is 4.79 Å². The Balaban J connectivity index is 0. The van der Waals surface area contributed by atoms with Crippen LogP contribution in [-0.4, -0.2) is 36.4 Å². The van der Waals surface area contributed by atoms with Gasteiger partial charge in [0.15, 0.2) is 0 Å². The number of carbonyl (C=O) groups is 1. The second-order valence-electron chi connectivity index (χ2n) is 1.57. The summed E-state index contributed by atoms with van der Waals surface area (Å²) in [4.78, 5) is 9.37. The highest BCUT2D eigenvalue weighted by molar-refractivity contribution is 5.66. The van der Waals surface area contributed by atoms with Crippen molar-refractivity contribution >= 4 is 5.97 Å². The molecule has 0 fully saturated rings. The standard InChI is InChI=1S/C3H9NO.C3H6O2/c1-4-2-3-5;1-2-3(4)5/h4-5H,2-3H2,1H3;2H2,1H3,(H,4,5). The van der Waals surface area contributed by atoms with Gasteiger partial charge < -0.3 is 15.5 Å². The highest BCUT2D eigenvalue weighted by atomic mass is 16.4. The topological polar surface area (TPSA) is 69.6 Å². The fraction of sp³-hybridized carbons (Fsp3) is 0.833. The molecule has 0 spiro atoms. The third-order valence-corrected chi connectivity index (χ3v) is 0.664. The molecule has 0 aromatic carbocycles. The summed E-state index contributed by atoms with van der Waals surface area (Å²) < 4.78 is 0. The quantitative estimate of drug-likeness (QED) is 0.514. The third kappa shape index (κ3) is 26.3. The van der Waals surface area contributed by atoms with Crippen molar-refractivity contribution in [2.24, 2.45) is 0 Å². The van der Waals surface area contributed by atoms with Crippen LogP contribution >= 0.6 is 0 Å². The largest absolute Gasteiger partial charge is 0.481 e. The zero-order valence-corrected chi connectivity index (χ0v) is 6.42. The maximum atomic E-state index is 9.37. The predicted molar refractivity (Wildman–Crippen MR) is 38.9 cm³/mol. The molecule has 0 aromatic rings. The second kappa shape index (κ2) is 11.2. The van der Waals surface area contributed by atoms with E-state index in [4.69, 9.17) is 10.2 Å². The average Bonchev–Trinajstić information content (AvgIpc) is 1.91. The summed E-state index contributed by atoms with van der Waals surface area (Å²) in [5.74, 6) is -0.745. The van der Waals surface area contributed by atoms with Crippen LogP contribution in [0.4, 0.5) is 0 Å². The lowest BCUT2D eigenvalue weighted by molar-refractivity contribution is -0.136. The van der Waals surface area contributed by atoms with E-state index < -0.39 is 5.97 Å². The third-order valence-electron chi connectivity index (χ3n) is 0.664. The number of hydrogen-bond acceptors (Lipinski definition) is 3. The maximum absolute atomic E-state index is 9.37.